The summed E-state index contributed by atoms with van der Waals surface area (Å²) in [6.45, 7) is 4.40. The van der Waals surface area contributed by atoms with E-state index in [2.05, 4.69) is 24.2 Å². The van der Waals surface area contributed by atoms with Crippen molar-refractivity contribution in [2.75, 3.05) is 7.11 Å². The molecule has 0 radical (unpaired) electrons. The van der Waals surface area contributed by atoms with Gasteiger partial charge in [0.2, 0.25) is 0 Å². The van der Waals surface area contributed by atoms with E-state index < -0.39 is 30.7 Å². The lowest BCUT2D eigenvalue weighted by atomic mass is 9.99. The first-order valence-electron chi connectivity index (χ1n) is 7.03. The lowest BCUT2D eigenvalue weighted by Gasteiger charge is -2.39. The SMILES string of the molecule is COC1OC(Cn2cc(CC(C)C)nn2)C(O)C(O)C1O. The van der Waals surface area contributed by atoms with Crippen LogP contribution in [0.15, 0.2) is 6.20 Å². The van der Waals surface area contributed by atoms with Crippen molar-refractivity contribution in [3.05, 3.63) is 11.9 Å². The number of hydrogen-bond donors (Lipinski definition) is 3. The average molecular weight is 301 g/mol. The van der Waals surface area contributed by atoms with E-state index in [0.717, 1.165) is 12.1 Å². The lowest BCUT2D eigenvalue weighted by Crippen LogP contribution is -2.58. The van der Waals surface area contributed by atoms with E-state index in [-0.39, 0.29) is 6.54 Å². The molecule has 0 bridgehead atoms. The van der Waals surface area contributed by atoms with Crippen molar-refractivity contribution >= 4 is 0 Å². The molecule has 5 unspecified atom stereocenters. The van der Waals surface area contributed by atoms with Crippen LogP contribution in [0.2, 0.25) is 0 Å². The first kappa shape index (κ1) is 16.3. The van der Waals surface area contributed by atoms with Crippen molar-refractivity contribution < 1.29 is 24.8 Å². The monoisotopic (exact) mass is 301 g/mol. The molecule has 1 saturated heterocycles. The molecule has 1 fully saturated rings. The second-order valence-corrected chi connectivity index (χ2v) is 5.78. The van der Waals surface area contributed by atoms with Crippen molar-refractivity contribution in [1.29, 1.82) is 0 Å². The summed E-state index contributed by atoms with van der Waals surface area (Å²) in [6.07, 6.45) is -2.94. The van der Waals surface area contributed by atoms with Crippen molar-refractivity contribution in [3.8, 4) is 0 Å². The van der Waals surface area contributed by atoms with Gasteiger partial charge in [-0.25, -0.2) is 4.68 Å². The molecular formula is C13H23N3O5. The third kappa shape index (κ3) is 3.78. The van der Waals surface area contributed by atoms with Gasteiger partial charge < -0.3 is 24.8 Å². The van der Waals surface area contributed by atoms with E-state index in [0.29, 0.717) is 5.92 Å². The molecule has 8 heteroatoms. The second kappa shape index (κ2) is 6.80. The fourth-order valence-corrected chi connectivity index (χ4v) is 2.39. The number of aliphatic hydroxyl groups is 3. The zero-order valence-electron chi connectivity index (χ0n) is 12.5. The Morgan fingerprint density at radius 3 is 2.62 bits per heavy atom. The fourth-order valence-electron chi connectivity index (χ4n) is 2.39. The van der Waals surface area contributed by atoms with E-state index in [9.17, 15) is 15.3 Å². The summed E-state index contributed by atoms with van der Waals surface area (Å²) >= 11 is 0. The van der Waals surface area contributed by atoms with Gasteiger partial charge in [0.1, 0.15) is 24.4 Å². The molecule has 120 valence electrons. The van der Waals surface area contributed by atoms with Gasteiger partial charge in [-0.3, -0.25) is 0 Å². The van der Waals surface area contributed by atoms with Crippen molar-refractivity contribution in [3.63, 3.8) is 0 Å². The lowest BCUT2D eigenvalue weighted by molar-refractivity contribution is -0.292. The topological polar surface area (TPSA) is 110 Å². The Balaban J connectivity index is 2.02. The van der Waals surface area contributed by atoms with Crippen LogP contribution in [0.25, 0.3) is 0 Å². The van der Waals surface area contributed by atoms with Gasteiger partial charge in [-0.1, -0.05) is 19.1 Å². The minimum Gasteiger partial charge on any atom is -0.388 e. The summed E-state index contributed by atoms with van der Waals surface area (Å²) in [6, 6.07) is 0. The molecular weight excluding hydrogens is 278 g/mol. The van der Waals surface area contributed by atoms with Crippen LogP contribution in [0.3, 0.4) is 0 Å². The van der Waals surface area contributed by atoms with E-state index in [1.165, 1.54) is 7.11 Å². The molecule has 5 atom stereocenters. The predicted octanol–water partition coefficient (Wildman–Crippen LogP) is -1.07. The Morgan fingerprint density at radius 2 is 2.00 bits per heavy atom. The van der Waals surface area contributed by atoms with Crippen molar-refractivity contribution in [1.82, 2.24) is 15.0 Å². The maximum atomic E-state index is 9.98. The number of hydrogen-bond acceptors (Lipinski definition) is 7. The predicted molar refractivity (Wildman–Crippen MR) is 72.3 cm³/mol. The minimum absolute atomic E-state index is 0.218. The molecule has 21 heavy (non-hydrogen) atoms. The Morgan fingerprint density at radius 1 is 1.29 bits per heavy atom. The highest BCUT2D eigenvalue weighted by Gasteiger charge is 2.44. The molecule has 0 aromatic carbocycles. The molecule has 1 aromatic heterocycles. The summed E-state index contributed by atoms with van der Waals surface area (Å²) < 4.78 is 12.0. The summed E-state index contributed by atoms with van der Waals surface area (Å²) in [5.41, 5.74) is 0.860. The largest absolute Gasteiger partial charge is 0.388 e. The van der Waals surface area contributed by atoms with Crippen LogP contribution in [0.5, 0.6) is 0 Å². The minimum atomic E-state index is -1.33. The van der Waals surface area contributed by atoms with Crippen LogP contribution in [0.1, 0.15) is 19.5 Å². The molecule has 1 aliphatic rings. The highest BCUT2D eigenvalue weighted by molar-refractivity contribution is 4.95. The molecule has 1 aliphatic heterocycles. The standard InChI is InChI=1S/C13H23N3O5/c1-7(2)4-8-5-16(15-14-8)6-9-10(17)11(18)12(19)13(20-3)21-9/h5,7,9-13,17-19H,4,6H2,1-3H3. The number of nitrogens with zero attached hydrogens (tertiary/aromatic N) is 3. The van der Waals surface area contributed by atoms with Crippen LogP contribution < -0.4 is 0 Å². The van der Waals surface area contributed by atoms with E-state index in [1.54, 1.807) is 10.9 Å². The quantitative estimate of drug-likeness (QED) is 0.635. The van der Waals surface area contributed by atoms with Gasteiger partial charge in [-0.05, 0) is 12.3 Å². The third-order valence-electron chi connectivity index (χ3n) is 3.47. The van der Waals surface area contributed by atoms with E-state index in [4.69, 9.17) is 9.47 Å². The van der Waals surface area contributed by atoms with E-state index >= 15 is 0 Å². The number of methoxy groups -OCH3 is 1. The van der Waals surface area contributed by atoms with Gasteiger partial charge in [0, 0.05) is 13.3 Å². The van der Waals surface area contributed by atoms with Gasteiger partial charge >= 0.3 is 0 Å². The highest BCUT2D eigenvalue weighted by Crippen LogP contribution is 2.22. The first-order chi connectivity index (χ1) is 9.92. The van der Waals surface area contributed by atoms with Crippen LogP contribution >= 0.6 is 0 Å². The van der Waals surface area contributed by atoms with Crippen molar-refractivity contribution in [2.45, 2.75) is 57.5 Å². The highest BCUT2D eigenvalue weighted by atomic mass is 16.7. The molecule has 1 aromatic rings. The average Bonchev–Trinajstić information content (AvgIpc) is 2.86. The number of aliphatic hydroxyl groups excluding tert-OH is 3. The van der Waals surface area contributed by atoms with Gasteiger partial charge in [0.25, 0.3) is 0 Å². The third-order valence-corrected chi connectivity index (χ3v) is 3.47. The number of rotatable bonds is 5. The Hall–Kier alpha value is -1.06. The zero-order valence-corrected chi connectivity index (χ0v) is 12.5. The van der Waals surface area contributed by atoms with Crippen LogP contribution in [0, 0.1) is 5.92 Å². The normalized spacial score (nSPS) is 33.6. The van der Waals surface area contributed by atoms with Crippen LogP contribution in [-0.4, -0.2) is 68.1 Å². The molecule has 0 spiro atoms. The fraction of sp³-hybridized carbons (Fsp3) is 0.846. The molecule has 8 nitrogen and oxygen atoms in total. The first-order valence-corrected chi connectivity index (χ1v) is 7.03. The second-order valence-electron chi connectivity index (χ2n) is 5.78. The molecule has 0 aliphatic carbocycles. The van der Waals surface area contributed by atoms with Gasteiger partial charge in [-0.2, -0.15) is 0 Å². The Labute approximate surface area is 123 Å². The molecule has 0 amide bonds. The maximum Gasteiger partial charge on any atom is 0.186 e. The van der Waals surface area contributed by atoms with Crippen LogP contribution in [-0.2, 0) is 22.4 Å². The molecule has 0 saturated carbocycles. The summed E-state index contributed by atoms with van der Waals surface area (Å²) in [5.74, 6) is 0.474. The number of aromatic nitrogens is 3. The van der Waals surface area contributed by atoms with Gasteiger partial charge in [-0.15, -0.1) is 5.10 Å². The summed E-state index contributed by atoms with van der Waals surface area (Å²) in [4.78, 5) is 0. The molecule has 3 N–H and O–H groups in total. The molecule has 2 rings (SSSR count). The zero-order chi connectivity index (χ0) is 15.6. The van der Waals surface area contributed by atoms with Gasteiger partial charge in [0.05, 0.1) is 12.2 Å². The smallest absolute Gasteiger partial charge is 0.186 e. The maximum absolute atomic E-state index is 9.98. The summed E-state index contributed by atoms with van der Waals surface area (Å²) in [5, 5.41) is 37.5. The number of ether oxygens (including phenoxy) is 2. The molecule has 2 heterocycles. The Bertz CT molecular complexity index is 451. The van der Waals surface area contributed by atoms with Crippen LogP contribution in [0.4, 0.5) is 0 Å². The summed E-state index contributed by atoms with van der Waals surface area (Å²) in [7, 11) is 1.37. The Kier molecular flexibility index (Phi) is 5.28. The van der Waals surface area contributed by atoms with E-state index in [1.807, 2.05) is 0 Å². The van der Waals surface area contributed by atoms with Crippen molar-refractivity contribution in [2.24, 2.45) is 5.92 Å². The van der Waals surface area contributed by atoms with Gasteiger partial charge in [0.15, 0.2) is 6.29 Å².